The maximum atomic E-state index is 13.5. The van der Waals surface area contributed by atoms with Crippen LogP contribution in [0.5, 0.6) is 0 Å². The lowest BCUT2D eigenvalue weighted by molar-refractivity contribution is -0.125. The van der Waals surface area contributed by atoms with Crippen molar-refractivity contribution in [3.05, 3.63) is 29.8 Å². The molecule has 1 aromatic carbocycles. The molecule has 2 amide bonds. The smallest absolute Gasteiger partial charge is 0.228 e. The maximum absolute atomic E-state index is 13.5. The van der Waals surface area contributed by atoms with Crippen LogP contribution in [0.3, 0.4) is 0 Å². The second kappa shape index (κ2) is 6.02. The molecule has 22 heavy (non-hydrogen) atoms. The zero-order valence-corrected chi connectivity index (χ0v) is 12.1. The average molecular weight is 308 g/mol. The highest BCUT2D eigenvalue weighted by Crippen LogP contribution is 2.40. The van der Waals surface area contributed by atoms with E-state index in [0.717, 1.165) is 37.8 Å². The number of rotatable bonds is 4. The van der Waals surface area contributed by atoms with Crippen molar-refractivity contribution in [1.82, 2.24) is 5.32 Å². The van der Waals surface area contributed by atoms with E-state index in [0.29, 0.717) is 6.42 Å². The Morgan fingerprint density at radius 1 is 1.00 bits per heavy atom. The van der Waals surface area contributed by atoms with E-state index in [9.17, 15) is 18.4 Å². The van der Waals surface area contributed by atoms with Crippen LogP contribution < -0.4 is 10.6 Å². The van der Waals surface area contributed by atoms with Crippen molar-refractivity contribution in [1.29, 1.82) is 0 Å². The van der Waals surface area contributed by atoms with Crippen molar-refractivity contribution in [2.45, 2.75) is 38.1 Å². The Kier molecular flexibility index (Phi) is 4.09. The van der Waals surface area contributed by atoms with Gasteiger partial charge in [0.2, 0.25) is 11.8 Å². The fraction of sp³-hybridized carbons (Fsp3) is 0.500. The minimum absolute atomic E-state index is 0.124. The van der Waals surface area contributed by atoms with Crippen molar-refractivity contribution >= 4 is 17.5 Å². The van der Waals surface area contributed by atoms with Crippen molar-refractivity contribution in [3.63, 3.8) is 0 Å². The number of benzene rings is 1. The summed E-state index contributed by atoms with van der Waals surface area (Å²) in [6.07, 6.45) is 4.63. The van der Waals surface area contributed by atoms with Crippen LogP contribution in [0.15, 0.2) is 18.2 Å². The van der Waals surface area contributed by atoms with E-state index < -0.39 is 29.1 Å². The second-order valence-electron chi connectivity index (χ2n) is 6.02. The highest BCUT2D eigenvalue weighted by Gasteiger charge is 2.48. The Balaban J connectivity index is 1.55. The molecule has 2 aliphatic rings. The van der Waals surface area contributed by atoms with E-state index in [-0.39, 0.29) is 17.9 Å². The molecule has 0 saturated heterocycles. The number of anilines is 1. The Morgan fingerprint density at radius 3 is 2.23 bits per heavy atom. The quantitative estimate of drug-likeness (QED) is 0.898. The fourth-order valence-electron chi connectivity index (χ4n) is 2.99. The number of carbonyl (C=O) groups is 2. The summed E-state index contributed by atoms with van der Waals surface area (Å²) < 4.78 is 27.0. The molecule has 0 bridgehead atoms. The number of amides is 2. The molecule has 1 aromatic rings. The highest BCUT2D eigenvalue weighted by molar-refractivity contribution is 5.99. The summed E-state index contributed by atoms with van der Waals surface area (Å²) in [5.41, 5.74) is -0.450. The molecular weight excluding hydrogens is 290 g/mol. The molecule has 2 unspecified atom stereocenters. The van der Waals surface area contributed by atoms with E-state index >= 15 is 0 Å². The largest absolute Gasteiger partial charge is 0.353 e. The number of nitrogens with one attached hydrogen (secondary N) is 2. The predicted octanol–water partition coefficient (Wildman–Crippen LogP) is 2.60. The van der Waals surface area contributed by atoms with Crippen LogP contribution in [0.2, 0.25) is 0 Å². The molecule has 0 radical (unpaired) electrons. The Morgan fingerprint density at radius 2 is 1.59 bits per heavy atom. The summed E-state index contributed by atoms with van der Waals surface area (Å²) in [4.78, 5) is 24.0. The van der Waals surface area contributed by atoms with E-state index in [2.05, 4.69) is 10.6 Å². The van der Waals surface area contributed by atoms with E-state index in [1.165, 1.54) is 6.07 Å². The summed E-state index contributed by atoms with van der Waals surface area (Å²) >= 11 is 0. The minimum atomic E-state index is -0.819. The monoisotopic (exact) mass is 308 g/mol. The van der Waals surface area contributed by atoms with Gasteiger partial charge in [-0.2, -0.15) is 0 Å². The SMILES string of the molecule is O=C(Nc1c(F)cccc1F)C1CC1C(=O)NC1CCCC1. The lowest BCUT2D eigenvalue weighted by Crippen LogP contribution is -2.34. The summed E-state index contributed by atoms with van der Waals surface area (Å²) in [6.45, 7) is 0. The Hall–Kier alpha value is -1.98. The van der Waals surface area contributed by atoms with Crippen molar-refractivity contribution < 1.29 is 18.4 Å². The van der Waals surface area contributed by atoms with Crippen LogP contribution in [-0.2, 0) is 9.59 Å². The second-order valence-corrected chi connectivity index (χ2v) is 6.02. The summed E-state index contributed by atoms with van der Waals surface area (Å²) in [5, 5.41) is 5.20. The van der Waals surface area contributed by atoms with Gasteiger partial charge in [0, 0.05) is 6.04 Å². The summed E-state index contributed by atoms with van der Waals surface area (Å²) in [6, 6.07) is 3.60. The number of carbonyl (C=O) groups excluding carboxylic acids is 2. The van der Waals surface area contributed by atoms with Gasteiger partial charge < -0.3 is 10.6 Å². The van der Waals surface area contributed by atoms with Crippen LogP contribution in [0.4, 0.5) is 14.5 Å². The maximum Gasteiger partial charge on any atom is 0.228 e. The van der Waals surface area contributed by atoms with E-state index in [1.807, 2.05) is 0 Å². The zero-order chi connectivity index (χ0) is 15.7. The van der Waals surface area contributed by atoms with Gasteiger partial charge in [0.15, 0.2) is 0 Å². The van der Waals surface area contributed by atoms with Gasteiger partial charge in [-0.15, -0.1) is 0 Å². The van der Waals surface area contributed by atoms with Crippen LogP contribution in [0.25, 0.3) is 0 Å². The summed E-state index contributed by atoms with van der Waals surface area (Å²) in [5.74, 6) is -3.14. The van der Waals surface area contributed by atoms with Crippen LogP contribution in [0, 0.1) is 23.5 Å². The first kappa shape index (κ1) is 14.9. The van der Waals surface area contributed by atoms with Crippen LogP contribution in [-0.4, -0.2) is 17.9 Å². The van der Waals surface area contributed by atoms with Crippen molar-refractivity contribution in [2.75, 3.05) is 5.32 Å². The normalized spacial score (nSPS) is 24.1. The Bertz CT molecular complexity index is 580. The van der Waals surface area contributed by atoms with Crippen molar-refractivity contribution in [2.24, 2.45) is 11.8 Å². The molecule has 0 spiro atoms. The van der Waals surface area contributed by atoms with Gasteiger partial charge in [0.1, 0.15) is 17.3 Å². The first-order chi connectivity index (χ1) is 10.6. The van der Waals surface area contributed by atoms with E-state index in [1.54, 1.807) is 0 Å². The van der Waals surface area contributed by atoms with Gasteiger partial charge in [-0.1, -0.05) is 18.9 Å². The average Bonchev–Trinajstić information content (AvgIpc) is 3.14. The van der Waals surface area contributed by atoms with Gasteiger partial charge >= 0.3 is 0 Å². The van der Waals surface area contributed by atoms with Crippen molar-refractivity contribution in [3.8, 4) is 0 Å². The van der Waals surface area contributed by atoms with Gasteiger partial charge in [-0.05, 0) is 31.4 Å². The number of halogens is 2. The topological polar surface area (TPSA) is 58.2 Å². The first-order valence-electron chi connectivity index (χ1n) is 7.61. The van der Waals surface area contributed by atoms with Gasteiger partial charge in [0.25, 0.3) is 0 Å². The number of hydrogen-bond donors (Lipinski definition) is 2. The minimum Gasteiger partial charge on any atom is -0.353 e. The van der Waals surface area contributed by atoms with Gasteiger partial charge in [0.05, 0.1) is 11.8 Å². The fourth-order valence-corrected chi connectivity index (χ4v) is 2.99. The first-order valence-corrected chi connectivity index (χ1v) is 7.61. The molecule has 2 saturated carbocycles. The lowest BCUT2D eigenvalue weighted by atomic mass is 10.2. The summed E-state index contributed by atoms with van der Waals surface area (Å²) in [7, 11) is 0. The van der Waals surface area contributed by atoms with Gasteiger partial charge in [-0.25, -0.2) is 8.78 Å². The standard InChI is InChI=1S/C16H18F2N2O2/c17-12-6-3-7-13(18)14(12)20-16(22)11-8-10(11)15(21)19-9-4-1-2-5-9/h3,6-7,9-11H,1-2,4-5,8H2,(H,19,21)(H,20,22). The predicted molar refractivity (Wildman–Crippen MR) is 77.0 cm³/mol. The number of hydrogen-bond acceptors (Lipinski definition) is 2. The molecular formula is C16H18F2N2O2. The molecule has 2 N–H and O–H groups in total. The van der Waals surface area contributed by atoms with E-state index in [4.69, 9.17) is 0 Å². The molecule has 0 heterocycles. The third kappa shape index (κ3) is 3.10. The molecule has 2 fully saturated rings. The zero-order valence-electron chi connectivity index (χ0n) is 12.1. The molecule has 3 rings (SSSR count). The molecule has 2 atom stereocenters. The third-order valence-electron chi connectivity index (χ3n) is 4.38. The molecule has 0 aliphatic heterocycles. The van der Waals surface area contributed by atoms with Crippen LogP contribution >= 0.6 is 0 Å². The molecule has 0 aromatic heterocycles. The molecule has 118 valence electrons. The molecule has 4 nitrogen and oxygen atoms in total. The molecule has 6 heteroatoms. The molecule has 2 aliphatic carbocycles. The third-order valence-corrected chi connectivity index (χ3v) is 4.38. The lowest BCUT2D eigenvalue weighted by Gasteiger charge is -2.11. The van der Waals surface area contributed by atoms with Gasteiger partial charge in [-0.3, -0.25) is 9.59 Å². The van der Waals surface area contributed by atoms with Crippen LogP contribution in [0.1, 0.15) is 32.1 Å². The highest BCUT2D eigenvalue weighted by atomic mass is 19.1. The number of para-hydroxylation sites is 1. The Labute approximate surface area is 127 Å².